The molecule has 2 rings (SSSR count). The van der Waals surface area contributed by atoms with Crippen molar-refractivity contribution in [2.45, 2.75) is 45.8 Å². The van der Waals surface area contributed by atoms with Gasteiger partial charge in [0.05, 0.1) is 0 Å². The molecule has 4 unspecified atom stereocenters. The minimum atomic E-state index is -1.18. The summed E-state index contributed by atoms with van der Waals surface area (Å²) in [6, 6.07) is 0. The molecule has 0 saturated heterocycles. The van der Waals surface area contributed by atoms with E-state index in [9.17, 15) is 0 Å². The number of aliphatic hydroxyl groups excluding tert-OH is 1. The van der Waals surface area contributed by atoms with Crippen LogP contribution in [-0.4, -0.2) is 29.6 Å². The van der Waals surface area contributed by atoms with Crippen molar-refractivity contribution in [2.24, 2.45) is 23.7 Å². The molecule has 0 bridgehead atoms. The van der Waals surface area contributed by atoms with Gasteiger partial charge in [-0.05, 0) is 49.6 Å². The highest BCUT2D eigenvalue weighted by Gasteiger charge is 2.49. The molecule has 0 aromatic rings. The van der Waals surface area contributed by atoms with Gasteiger partial charge in [-0.2, -0.15) is 0 Å². The summed E-state index contributed by atoms with van der Waals surface area (Å²) >= 11 is 0. The van der Waals surface area contributed by atoms with Crippen molar-refractivity contribution in [3.8, 4) is 0 Å². The Morgan fingerprint density at radius 3 is 2.78 bits per heavy atom. The third kappa shape index (κ3) is 3.14. The van der Waals surface area contributed by atoms with E-state index in [0.29, 0.717) is 6.42 Å². The first-order chi connectivity index (χ1) is 8.67. The van der Waals surface area contributed by atoms with Crippen LogP contribution in [-0.2, 0) is 0 Å². The van der Waals surface area contributed by atoms with Gasteiger partial charge in [-0.25, -0.2) is 0 Å². The van der Waals surface area contributed by atoms with Crippen molar-refractivity contribution in [3.63, 3.8) is 0 Å². The first kappa shape index (κ1) is 14.0. The van der Waals surface area contributed by atoms with E-state index in [-0.39, 0.29) is 0 Å². The monoisotopic (exact) mass is 253 g/mol. The summed E-state index contributed by atoms with van der Waals surface area (Å²) in [4.78, 5) is 0. The van der Waals surface area contributed by atoms with Gasteiger partial charge in [-0.15, -0.1) is 0 Å². The van der Waals surface area contributed by atoms with Crippen LogP contribution in [0, 0.1) is 23.7 Å². The molecule has 18 heavy (non-hydrogen) atoms. The van der Waals surface area contributed by atoms with E-state index in [4.69, 9.17) is 10.2 Å². The lowest BCUT2D eigenvalue weighted by Crippen LogP contribution is -2.43. The van der Waals surface area contributed by atoms with Crippen LogP contribution >= 0.6 is 0 Å². The van der Waals surface area contributed by atoms with Crippen LogP contribution in [0.25, 0.3) is 0 Å². The first-order valence-corrected chi connectivity index (χ1v) is 7.43. The first-order valence-electron chi connectivity index (χ1n) is 7.43. The molecular weight excluding hydrogens is 226 g/mol. The summed E-state index contributed by atoms with van der Waals surface area (Å²) in [5.41, 5.74) is 1.47. The fourth-order valence-electron chi connectivity index (χ4n) is 3.63. The molecule has 0 aromatic heterocycles. The molecule has 0 aliphatic heterocycles. The Kier molecular flexibility index (Phi) is 4.82. The maximum Gasteiger partial charge on any atom is 0.154 e. The fraction of sp³-hybridized carbons (Fsp3) is 0.867. The molecule has 2 fully saturated rings. The summed E-state index contributed by atoms with van der Waals surface area (Å²) in [6.45, 7) is 6.71. The van der Waals surface area contributed by atoms with Gasteiger partial charge in [-0.3, -0.25) is 0 Å². The molecule has 0 amide bonds. The lowest BCUT2D eigenvalue weighted by Gasteiger charge is -2.45. The average molecular weight is 253 g/mol. The Labute approximate surface area is 110 Å². The second-order valence-corrected chi connectivity index (χ2v) is 5.85. The maximum atomic E-state index is 8.87. The van der Waals surface area contributed by atoms with E-state index in [1.165, 1.54) is 31.4 Å². The average Bonchev–Trinajstić information content (AvgIpc) is 3.05. The van der Waals surface area contributed by atoms with Gasteiger partial charge >= 0.3 is 0 Å². The summed E-state index contributed by atoms with van der Waals surface area (Å²) in [6.07, 6.45) is 5.10. The Morgan fingerprint density at radius 2 is 2.17 bits per heavy atom. The smallest absolute Gasteiger partial charge is 0.154 e. The summed E-state index contributed by atoms with van der Waals surface area (Å²) in [7, 11) is 0. The van der Waals surface area contributed by atoms with E-state index in [1.807, 2.05) is 6.08 Å². The van der Waals surface area contributed by atoms with E-state index < -0.39 is 6.29 Å². The number of rotatable bonds is 7. The van der Waals surface area contributed by atoms with Crippen LogP contribution in [0.15, 0.2) is 11.6 Å². The van der Waals surface area contributed by atoms with Gasteiger partial charge in [0.15, 0.2) is 6.29 Å². The van der Waals surface area contributed by atoms with Crippen LogP contribution in [0.3, 0.4) is 0 Å². The normalized spacial score (nSPS) is 37.1. The second kappa shape index (κ2) is 6.18. The van der Waals surface area contributed by atoms with Gasteiger partial charge in [0.1, 0.15) is 0 Å². The van der Waals surface area contributed by atoms with Crippen molar-refractivity contribution < 1.29 is 10.2 Å². The molecule has 0 spiro atoms. The third-order valence-electron chi connectivity index (χ3n) is 4.74. The van der Waals surface area contributed by atoms with E-state index >= 15 is 0 Å². The molecule has 3 N–H and O–H groups in total. The maximum absolute atomic E-state index is 8.87. The Balaban J connectivity index is 1.77. The van der Waals surface area contributed by atoms with Crippen molar-refractivity contribution in [2.75, 3.05) is 13.1 Å². The van der Waals surface area contributed by atoms with Gasteiger partial charge < -0.3 is 15.5 Å². The van der Waals surface area contributed by atoms with E-state index in [1.54, 1.807) is 0 Å². The molecular formula is C15H27NO2. The topological polar surface area (TPSA) is 52.5 Å². The number of aliphatic hydroxyl groups is 2. The van der Waals surface area contributed by atoms with Crippen LogP contribution in [0.1, 0.15) is 39.5 Å². The molecule has 0 heterocycles. The van der Waals surface area contributed by atoms with Crippen molar-refractivity contribution in [1.82, 2.24) is 5.32 Å². The molecule has 2 saturated carbocycles. The fourth-order valence-corrected chi connectivity index (χ4v) is 3.63. The molecule has 0 radical (unpaired) electrons. The second-order valence-electron chi connectivity index (χ2n) is 5.85. The molecule has 2 aliphatic carbocycles. The number of nitrogens with one attached hydrogen (secondary N) is 1. The summed E-state index contributed by atoms with van der Waals surface area (Å²) < 4.78 is 0. The summed E-state index contributed by atoms with van der Waals surface area (Å²) in [5, 5.41) is 21.2. The van der Waals surface area contributed by atoms with Crippen molar-refractivity contribution in [1.29, 1.82) is 0 Å². The lowest BCUT2D eigenvalue weighted by atomic mass is 9.61. The molecule has 3 heteroatoms. The Morgan fingerprint density at radius 1 is 1.39 bits per heavy atom. The lowest BCUT2D eigenvalue weighted by molar-refractivity contribution is -0.0362. The zero-order valence-electron chi connectivity index (χ0n) is 11.6. The van der Waals surface area contributed by atoms with Gasteiger partial charge in [-0.1, -0.05) is 31.9 Å². The zero-order valence-corrected chi connectivity index (χ0v) is 11.6. The molecule has 104 valence electrons. The predicted molar refractivity (Wildman–Crippen MR) is 73.0 cm³/mol. The predicted octanol–water partition coefficient (Wildman–Crippen LogP) is 1.91. The largest absolute Gasteiger partial charge is 0.368 e. The zero-order chi connectivity index (χ0) is 13.1. The number of allylic oxidation sites excluding steroid dienone is 1. The molecule has 0 aromatic carbocycles. The van der Waals surface area contributed by atoms with E-state index in [2.05, 4.69) is 19.2 Å². The third-order valence-corrected chi connectivity index (χ3v) is 4.74. The minimum Gasteiger partial charge on any atom is -0.368 e. The standard InChI is InChI=1S/C15H27NO2/c1-3-12-11(9-16-4-2)8-14(12)13-7-10(13)5-6-15(17)18/h5,11-18H,3-4,6-9H2,1-2H3. The molecule has 4 atom stereocenters. The van der Waals surface area contributed by atoms with Gasteiger partial charge in [0.2, 0.25) is 0 Å². The summed E-state index contributed by atoms with van der Waals surface area (Å²) in [5.74, 6) is 3.36. The molecule has 3 nitrogen and oxygen atoms in total. The van der Waals surface area contributed by atoms with Gasteiger partial charge in [0, 0.05) is 6.42 Å². The van der Waals surface area contributed by atoms with Crippen molar-refractivity contribution in [3.05, 3.63) is 11.6 Å². The SMILES string of the molecule is CCNCC1CC(C2CC2=CCC(O)O)C1CC. The number of hydrogen-bond donors (Lipinski definition) is 3. The van der Waals surface area contributed by atoms with Crippen LogP contribution in [0.4, 0.5) is 0 Å². The highest BCUT2D eigenvalue weighted by molar-refractivity contribution is 5.26. The van der Waals surface area contributed by atoms with Gasteiger partial charge in [0.25, 0.3) is 0 Å². The highest BCUT2D eigenvalue weighted by atomic mass is 16.5. The van der Waals surface area contributed by atoms with Crippen LogP contribution in [0.2, 0.25) is 0 Å². The number of hydrogen-bond acceptors (Lipinski definition) is 3. The quantitative estimate of drug-likeness (QED) is 0.480. The Bertz CT molecular complexity index is 301. The molecule has 2 aliphatic rings. The Hall–Kier alpha value is -0.380. The highest BCUT2D eigenvalue weighted by Crippen LogP contribution is 2.57. The van der Waals surface area contributed by atoms with Crippen molar-refractivity contribution >= 4 is 0 Å². The van der Waals surface area contributed by atoms with Crippen LogP contribution < -0.4 is 5.32 Å². The van der Waals surface area contributed by atoms with E-state index in [0.717, 1.165) is 30.2 Å². The van der Waals surface area contributed by atoms with Crippen LogP contribution in [0.5, 0.6) is 0 Å². The minimum absolute atomic E-state index is 0.399.